The molecule has 0 bridgehead atoms. The molecule has 15 heteroatoms. The van der Waals surface area contributed by atoms with Crippen molar-refractivity contribution in [3.63, 3.8) is 0 Å². The molecule has 2 aromatic rings. The summed E-state index contributed by atoms with van der Waals surface area (Å²) in [6.07, 6.45) is 2.96. The molecule has 13 nitrogen and oxygen atoms in total. The van der Waals surface area contributed by atoms with E-state index in [1.165, 1.54) is 6.07 Å². The van der Waals surface area contributed by atoms with Gasteiger partial charge in [-0.25, -0.2) is 0 Å². The largest absolute Gasteiger partial charge is 0.465 e. The number of hydrogen-bond donors (Lipinski definition) is 1. The van der Waals surface area contributed by atoms with Crippen LogP contribution >= 0.6 is 31.9 Å². The number of halogens is 2. The van der Waals surface area contributed by atoms with Crippen LogP contribution in [-0.4, -0.2) is 38.5 Å². The van der Waals surface area contributed by atoms with Crippen molar-refractivity contribution in [1.29, 1.82) is 0 Å². The van der Waals surface area contributed by atoms with Crippen molar-refractivity contribution < 1.29 is 29.0 Å². The van der Waals surface area contributed by atoms with E-state index in [0.717, 1.165) is 18.5 Å². The molecule has 2 heterocycles. The molecule has 0 aliphatic heterocycles. The zero-order valence-electron chi connectivity index (χ0n) is 16.6. The quantitative estimate of drug-likeness (QED) is 0.301. The number of ether oxygens (including phenoxy) is 1. The van der Waals surface area contributed by atoms with Crippen LogP contribution in [-0.2, 0) is 19.1 Å². The number of nitrogens with one attached hydrogen (secondary N) is 1. The molecule has 2 rings (SSSR count). The van der Waals surface area contributed by atoms with Gasteiger partial charge in [-0.2, -0.15) is 9.59 Å². The summed E-state index contributed by atoms with van der Waals surface area (Å²) in [7, 11) is 0. The summed E-state index contributed by atoms with van der Waals surface area (Å²) < 4.78 is 5.55. The summed E-state index contributed by atoms with van der Waals surface area (Å²) >= 11 is 6.07. The Morgan fingerprint density at radius 1 is 1.16 bits per heavy atom. The van der Waals surface area contributed by atoms with Crippen LogP contribution in [0.2, 0.25) is 0 Å². The average Bonchev–Trinajstić information content (AvgIpc) is 2.72. The Morgan fingerprint density at radius 3 is 2.09 bits per heavy atom. The van der Waals surface area contributed by atoms with Crippen LogP contribution in [0.5, 0.6) is 0 Å². The van der Waals surface area contributed by atoms with E-state index in [9.17, 15) is 29.8 Å². The minimum absolute atomic E-state index is 0.121. The number of aromatic nitrogens is 2. The predicted molar refractivity (Wildman–Crippen MR) is 115 cm³/mol. The second-order valence-corrected chi connectivity index (χ2v) is 7.11. The van der Waals surface area contributed by atoms with Crippen molar-refractivity contribution >= 4 is 55.4 Å². The lowest BCUT2D eigenvalue weighted by atomic mass is 10.0. The molecule has 0 aliphatic carbocycles. The summed E-state index contributed by atoms with van der Waals surface area (Å²) in [5, 5.41) is 20.7. The molecule has 0 radical (unpaired) electrons. The van der Waals surface area contributed by atoms with E-state index in [4.69, 9.17) is 14.3 Å². The van der Waals surface area contributed by atoms with E-state index < -0.39 is 15.8 Å². The summed E-state index contributed by atoms with van der Waals surface area (Å²) in [5.74, 6) is -0.887. The fourth-order valence-electron chi connectivity index (χ4n) is 2.06. The molecule has 0 aromatic carbocycles. The van der Waals surface area contributed by atoms with E-state index in [2.05, 4.69) is 41.8 Å². The maximum Gasteiger partial charge on any atom is 0.373 e. The van der Waals surface area contributed by atoms with Crippen molar-refractivity contribution in [2.45, 2.75) is 26.2 Å². The minimum Gasteiger partial charge on any atom is -0.465 e. The van der Waals surface area contributed by atoms with E-state index in [1.807, 2.05) is 6.92 Å². The Kier molecular flexibility index (Phi) is 13.2. The van der Waals surface area contributed by atoms with E-state index in [1.54, 1.807) is 6.92 Å². The summed E-state index contributed by atoms with van der Waals surface area (Å²) in [4.78, 5) is 64.4. The van der Waals surface area contributed by atoms with Gasteiger partial charge in [0.2, 0.25) is 0 Å². The van der Waals surface area contributed by atoms with Crippen LogP contribution in [0.4, 0.5) is 11.4 Å². The van der Waals surface area contributed by atoms with Crippen LogP contribution in [0.25, 0.3) is 0 Å². The van der Waals surface area contributed by atoms with Crippen molar-refractivity contribution in [2.24, 2.45) is 0 Å². The molecular formula is C17H16Br2N4O9. The number of carbonyl (C=O) groups is 1. The molecule has 1 N–H and O–H groups in total. The first kappa shape index (κ1) is 28.7. The summed E-state index contributed by atoms with van der Waals surface area (Å²) in [5.41, 5.74) is -0.182. The normalized spacial score (nSPS) is 10.2. The van der Waals surface area contributed by atoms with E-state index in [0.29, 0.717) is 23.2 Å². The number of rotatable bonds is 6. The SMILES string of the molecule is CCOC(=O)C(CC)c1ncc([N+](=O)[O-])cc1Br.O=C=O.O=c1[nH]cc([N+](=O)[O-])cc1Br. The van der Waals surface area contributed by atoms with Crippen molar-refractivity contribution in [3.8, 4) is 0 Å². The second-order valence-electron chi connectivity index (χ2n) is 5.41. The Labute approximate surface area is 196 Å². The molecule has 1 atom stereocenters. The van der Waals surface area contributed by atoms with Gasteiger partial charge in [-0.15, -0.1) is 0 Å². The van der Waals surface area contributed by atoms with Gasteiger partial charge in [-0.05, 0) is 45.2 Å². The highest BCUT2D eigenvalue weighted by molar-refractivity contribution is 9.10. The zero-order chi connectivity index (χ0) is 24.8. The molecule has 2 aromatic heterocycles. The van der Waals surface area contributed by atoms with Gasteiger partial charge in [-0.3, -0.25) is 34.8 Å². The first-order chi connectivity index (χ1) is 15.0. The molecule has 0 aliphatic rings. The number of nitro groups is 2. The lowest BCUT2D eigenvalue weighted by Gasteiger charge is -2.14. The van der Waals surface area contributed by atoms with Gasteiger partial charge in [0, 0.05) is 16.6 Å². The Hall–Kier alpha value is -3.29. The minimum atomic E-state index is -0.583. The topological polar surface area (TPSA) is 192 Å². The fraction of sp³-hybridized carbons (Fsp3) is 0.294. The van der Waals surface area contributed by atoms with Gasteiger partial charge in [0.15, 0.2) is 0 Å². The summed E-state index contributed by atoms with van der Waals surface area (Å²) in [6, 6.07) is 2.49. The number of pyridine rings is 2. The Morgan fingerprint density at radius 2 is 1.69 bits per heavy atom. The monoisotopic (exact) mass is 578 g/mol. The maximum absolute atomic E-state index is 11.7. The van der Waals surface area contributed by atoms with E-state index >= 15 is 0 Å². The maximum atomic E-state index is 11.7. The summed E-state index contributed by atoms with van der Waals surface area (Å²) in [6.45, 7) is 3.85. The molecule has 1 unspecified atom stereocenters. The van der Waals surface area contributed by atoms with Crippen molar-refractivity contribution in [2.75, 3.05) is 6.61 Å². The van der Waals surface area contributed by atoms with Gasteiger partial charge in [0.25, 0.3) is 16.9 Å². The predicted octanol–water partition coefficient (Wildman–Crippen LogP) is 3.27. The number of aromatic amines is 1. The number of carbonyl (C=O) groups excluding carboxylic acids is 3. The number of H-pyrrole nitrogens is 1. The van der Waals surface area contributed by atoms with Crippen molar-refractivity contribution in [3.05, 3.63) is 69.7 Å². The highest BCUT2D eigenvalue weighted by Gasteiger charge is 2.25. The fourth-order valence-corrected chi connectivity index (χ4v) is 3.02. The lowest BCUT2D eigenvalue weighted by Crippen LogP contribution is -2.17. The van der Waals surface area contributed by atoms with Gasteiger partial charge >= 0.3 is 12.1 Å². The van der Waals surface area contributed by atoms with Gasteiger partial charge in [0.1, 0.15) is 6.20 Å². The van der Waals surface area contributed by atoms with Crippen LogP contribution in [0.3, 0.4) is 0 Å². The molecule has 0 fully saturated rings. The molecule has 0 spiro atoms. The molecular weight excluding hydrogens is 564 g/mol. The molecule has 0 saturated heterocycles. The van der Waals surface area contributed by atoms with Gasteiger partial charge in [0.05, 0.1) is 38.7 Å². The molecule has 0 amide bonds. The lowest BCUT2D eigenvalue weighted by molar-refractivity contribution is -0.385. The standard InChI is InChI=1S/C11H13BrN2O4.C5H3BrN2O3.CO2/c1-3-8(11(15)18-4-2)10-9(12)5-7(6-13-10)14(16)17;6-4-1-3(8(10)11)2-7-5(4)9;2-1-3/h5-6,8H,3-4H2,1-2H3;1-2H,(H,7,9);. The smallest absolute Gasteiger partial charge is 0.373 e. The third kappa shape index (κ3) is 9.24. The van der Waals surface area contributed by atoms with E-state index in [-0.39, 0.29) is 33.5 Å². The number of hydrogen-bond acceptors (Lipinski definition) is 10. The molecule has 172 valence electrons. The van der Waals surface area contributed by atoms with Gasteiger partial charge < -0.3 is 9.72 Å². The number of nitrogens with zero attached hydrogens (tertiary/aromatic N) is 3. The van der Waals surface area contributed by atoms with Crippen LogP contribution in [0.1, 0.15) is 31.9 Å². The zero-order valence-corrected chi connectivity index (χ0v) is 19.7. The third-order valence-corrected chi connectivity index (χ3v) is 4.65. The highest BCUT2D eigenvalue weighted by atomic mass is 79.9. The van der Waals surface area contributed by atoms with Gasteiger partial charge in [-0.1, -0.05) is 6.92 Å². The van der Waals surface area contributed by atoms with Crippen LogP contribution < -0.4 is 5.56 Å². The molecule has 32 heavy (non-hydrogen) atoms. The molecule has 0 saturated carbocycles. The van der Waals surface area contributed by atoms with Crippen LogP contribution in [0, 0.1) is 20.2 Å². The Bertz CT molecular complexity index is 1050. The van der Waals surface area contributed by atoms with Crippen molar-refractivity contribution in [1.82, 2.24) is 9.97 Å². The average molecular weight is 580 g/mol. The first-order valence-corrected chi connectivity index (χ1v) is 10.1. The second kappa shape index (κ2) is 14.7. The number of esters is 1. The van der Waals surface area contributed by atoms with Crippen LogP contribution in [0.15, 0.2) is 38.3 Å². The highest BCUT2D eigenvalue weighted by Crippen LogP contribution is 2.29. The first-order valence-electron chi connectivity index (χ1n) is 8.52. The Balaban J connectivity index is 0.000000582. The third-order valence-electron chi connectivity index (χ3n) is 3.43.